The molecule has 11 heavy (non-hydrogen) atoms. The Hall–Kier alpha value is 0.200. The molecular formula is C3H8Cl2N3O2P. The van der Waals surface area contributed by atoms with Gasteiger partial charge in [-0.3, -0.25) is 25.5 Å². The Morgan fingerprint density at radius 1 is 1.55 bits per heavy atom. The van der Waals surface area contributed by atoms with Crippen molar-refractivity contribution in [1.29, 1.82) is 0 Å². The third-order valence-corrected chi connectivity index (χ3v) is 1.57. The molecule has 0 aliphatic heterocycles. The molecule has 5 nitrogen and oxygen atoms in total. The quantitative estimate of drug-likeness (QED) is 0.461. The van der Waals surface area contributed by atoms with E-state index in [0.29, 0.717) is 0 Å². The van der Waals surface area contributed by atoms with Crippen LogP contribution in [-0.4, -0.2) is 10.2 Å². The van der Waals surface area contributed by atoms with Crippen LogP contribution in [0.4, 0.5) is 0 Å². The Kier molecular flexibility index (Phi) is 3.35. The van der Waals surface area contributed by atoms with Gasteiger partial charge < -0.3 is 0 Å². The molecule has 0 spiro atoms. The first-order valence-electron chi connectivity index (χ1n) is 2.50. The fourth-order valence-electron chi connectivity index (χ4n) is 0.257. The van der Waals surface area contributed by atoms with Gasteiger partial charge in [0.2, 0.25) is 0 Å². The van der Waals surface area contributed by atoms with Crippen molar-refractivity contribution in [1.82, 2.24) is 5.09 Å². The zero-order valence-corrected chi connectivity index (χ0v) is 8.08. The van der Waals surface area contributed by atoms with Crippen LogP contribution in [-0.2, 0) is 9.36 Å². The number of alkyl halides is 2. The Morgan fingerprint density at radius 3 is 2.00 bits per heavy atom. The molecule has 0 aliphatic rings. The summed E-state index contributed by atoms with van der Waals surface area (Å²) in [5.74, 6) is -0.880. The van der Waals surface area contributed by atoms with Gasteiger partial charge in [0.15, 0.2) is 4.33 Å². The van der Waals surface area contributed by atoms with Gasteiger partial charge in [0.05, 0.1) is 0 Å². The maximum atomic E-state index is 10.8. The summed E-state index contributed by atoms with van der Waals surface area (Å²) < 4.78 is 8.91. The third-order valence-electron chi connectivity index (χ3n) is 0.675. The summed E-state index contributed by atoms with van der Waals surface area (Å²) in [6, 6.07) is 0. The molecule has 0 saturated carbocycles. The second-order valence-electron chi connectivity index (χ2n) is 2.04. The normalized spacial score (nSPS) is 12.8. The number of nitrogens with two attached hydrogens (primary N) is 2. The van der Waals surface area contributed by atoms with Gasteiger partial charge in [-0.1, -0.05) is 23.2 Å². The fourth-order valence-corrected chi connectivity index (χ4v) is 1.02. The van der Waals surface area contributed by atoms with Crippen LogP contribution in [0.25, 0.3) is 0 Å². The number of nitrogens with one attached hydrogen (secondary N) is 1. The molecule has 0 rings (SSSR count). The van der Waals surface area contributed by atoms with Crippen LogP contribution in [0.5, 0.6) is 0 Å². The second kappa shape index (κ2) is 3.29. The maximum absolute atomic E-state index is 10.8. The summed E-state index contributed by atoms with van der Waals surface area (Å²) in [6.45, 7) is 1.21. The highest BCUT2D eigenvalue weighted by molar-refractivity contribution is 7.57. The van der Waals surface area contributed by atoms with Gasteiger partial charge in [-0.05, 0) is 6.92 Å². The Balaban J connectivity index is 4.23. The van der Waals surface area contributed by atoms with Gasteiger partial charge in [0.1, 0.15) is 0 Å². The van der Waals surface area contributed by atoms with E-state index in [9.17, 15) is 9.36 Å². The topological polar surface area (TPSA) is 98.2 Å². The van der Waals surface area contributed by atoms with Crippen molar-refractivity contribution in [2.45, 2.75) is 11.3 Å². The van der Waals surface area contributed by atoms with Crippen molar-refractivity contribution in [3.63, 3.8) is 0 Å². The number of carbonyl (C=O) groups is 1. The van der Waals surface area contributed by atoms with Gasteiger partial charge in [0, 0.05) is 0 Å². The van der Waals surface area contributed by atoms with Gasteiger partial charge in [-0.2, -0.15) is 0 Å². The van der Waals surface area contributed by atoms with E-state index >= 15 is 0 Å². The van der Waals surface area contributed by atoms with Crippen LogP contribution in [0.1, 0.15) is 6.92 Å². The standard InChI is InChI=1S/C3H8Cl2N3O2P/c1-3(4,5)2(9)8-11(6,7)10/h1H3,(H5,6,7,8,9,10). The zero-order valence-electron chi connectivity index (χ0n) is 5.67. The first kappa shape index (κ1) is 11.2. The van der Waals surface area contributed by atoms with Crippen molar-refractivity contribution < 1.29 is 9.36 Å². The molecule has 5 N–H and O–H groups in total. The smallest absolute Gasteiger partial charge is 0.281 e. The van der Waals surface area contributed by atoms with E-state index in [1.54, 1.807) is 5.09 Å². The van der Waals surface area contributed by atoms with E-state index in [-0.39, 0.29) is 0 Å². The van der Waals surface area contributed by atoms with Gasteiger partial charge in [-0.15, -0.1) is 0 Å². The average molecular weight is 220 g/mol. The largest absolute Gasteiger partial charge is 0.300 e. The predicted octanol–water partition coefficient (Wildman–Crippen LogP) is 0.322. The number of amides is 1. The minimum absolute atomic E-state index is 0.880. The lowest BCUT2D eigenvalue weighted by molar-refractivity contribution is -0.119. The molecule has 0 saturated heterocycles. The summed E-state index contributed by atoms with van der Waals surface area (Å²) in [5.41, 5.74) is 9.63. The molecule has 0 fully saturated rings. The predicted molar refractivity (Wildman–Crippen MR) is 44.2 cm³/mol. The van der Waals surface area contributed by atoms with Gasteiger partial charge in [-0.25, -0.2) is 0 Å². The van der Waals surface area contributed by atoms with E-state index in [1.165, 1.54) is 6.92 Å². The lowest BCUT2D eigenvalue weighted by Crippen LogP contribution is -2.37. The molecule has 66 valence electrons. The summed E-state index contributed by atoms with van der Waals surface area (Å²) in [5, 5.41) is 1.77. The fraction of sp³-hybridized carbons (Fsp3) is 0.667. The second-order valence-corrected chi connectivity index (χ2v) is 5.39. The van der Waals surface area contributed by atoms with Crippen molar-refractivity contribution >= 4 is 36.7 Å². The molecule has 0 heterocycles. The highest BCUT2D eigenvalue weighted by Gasteiger charge is 2.30. The van der Waals surface area contributed by atoms with Crippen LogP contribution >= 0.6 is 30.8 Å². The molecular weight excluding hydrogens is 212 g/mol. The van der Waals surface area contributed by atoms with E-state index < -0.39 is 17.8 Å². The molecule has 0 aromatic carbocycles. The van der Waals surface area contributed by atoms with Crippen LogP contribution in [0, 0.1) is 0 Å². The van der Waals surface area contributed by atoms with Crippen molar-refractivity contribution in [2.24, 2.45) is 11.0 Å². The Labute approximate surface area is 73.9 Å². The van der Waals surface area contributed by atoms with Crippen molar-refractivity contribution in [2.75, 3.05) is 0 Å². The van der Waals surface area contributed by atoms with E-state index in [0.717, 1.165) is 0 Å². The minimum Gasteiger partial charge on any atom is -0.281 e. The van der Waals surface area contributed by atoms with Crippen LogP contribution < -0.4 is 16.1 Å². The van der Waals surface area contributed by atoms with E-state index in [4.69, 9.17) is 34.2 Å². The highest BCUT2D eigenvalue weighted by atomic mass is 35.5. The van der Waals surface area contributed by atoms with E-state index in [2.05, 4.69) is 0 Å². The van der Waals surface area contributed by atoms with Gasteiger partial charge in [0.25, 0.3) is 13.5 Å². The Bertz CT molecular complexity index is 207. The van der Waals surface area contributed by atoms with Crippen molar-refractivity contribution in [3.8, 4) is 0 Å². The molecule has 1 amide bonds. The van der Waals surface area contributed by atoms with Crippen LogP contribution in [0.15, 0.2) is 0 Å². The molecule has 0 atom stereocenters. The highest BCUT2D eigenvalue weighted by Crippen LogP contribution is 2.25. The van der Waals surface area contributed by atoms with E-state index in [1.807, 2.05) is 0 Å². The number of halogens is 2. The summed E-state index contributed by atoms with van der Waals surface area (Å²) >= 11 is 10.6. The Morgan fingerprint density at radius 2 is 1.91 bits per heavy atom. The zero-order chi connectivity index (χ0) is 9.28. The SMILES string of the molecule is CC(Cl)(Cl)C(=O)NP(N)(N)=O. The van der Waals surface area contributed by atoms with Crippen molar-refractivity contribution in [3.05, 3.63) is 0 Å². The molecule has 0 aliphatic carbocycles. The third kappa shape index (κ3) is 5.47. The lowest BCUT2D eigenvalue weighted by atomic mass is 10.4. The number of rotatable bonds is 2. The van der Waals surface area contributed by atoms with Crippen LogP contribution in [0.2, 0.25) is 0 Å². The summed E-state index contributed by atoms with van der Waals surface area (Å²) in [7, 11) is -3.59. The lowest BCUT2D eigenvalue weighted by Gasteiger charge is -2.14. The first-order chi connectivity index (χ1) is 4.63. The number of hydrogen-bond donors (Lipinski definition) is 3. The van der Waals surface area contributed by atoms with Gasteiger partial charge >= 0.3 is 0 Å². The molecule has 0 radical (unpaired) electrons. The maximum Gasteiger partial charge on any atom is 0.300 e. The first-order valence-corrected chi connectivity index (χ1v) is 5.11. The summed E-state index contributed by atoms with van der Waals surface area (Å²) in [4.78, 5) is 10.8. The van der Waals surface area contributed by atoms with Crippen LogP contribution in [0.3, 0.4) is 0 Å². The average Bonchev–Trinajstić information content (AvgIpc) is 1.56. The molecule has 0 unspecified atom stereocenters. The molecule has 0 aromatic rings. The minimum atomic E-state index is -3.59. The molecule has 0 aromatic heterocycles. The molecule has 8 heteroatoms. The number of hydrogen-bond acceptors (Lipinski definition) is 2. The monoisotopic (exact) mass is 219 g/mol. The number of carbonyl (C=O) groups excluding carboxylic acids is 1. The summed E-state index contributed by atoms with van der Waals surface area (Å²) in [6.07, 6.45) is 0. The molecule has 0 bridgehead atoms.